The van der Waals surface area contributed by atoms with Gasteiger partial charge < -0.3 is 9.47 Å². The van der Waals surface area contributed by atoms with Crippen molar-refractivity contribution >= 4 is 26.2 Å². The van der Waals surface area contributed by atoms with E-state index in [9.17, 15) is 30.4 Å². The molecule has 9 nitrogen and oxygen atoms in total. The Morgan fingerprint density at radius 2 is 1.86 bits per heavy atom. The molecule has 0 spiro atoms. The average Bonchev–Trinajstić information content (AvgIpc) is 2.91. The van der Waals surface area contributed by atoms with Crippen LogP contribution in [0, 0.1) is 5.92 Å². The summed E-state index contributed by atoms with van der Waals surface area (Å²) >= 11 is 0. The molecular weight excluding hydrogens is 354 g/mol. The summed E-state index contributed by atoms with van der Waals surface area (Å²) in [5.41, 5.74) is 0. The molecule has 3 fully saturated rings. The standard InChI is InChI=1S/C9H10F2O9S2/c1-2-3-5(19-8(12)9(10,11)22(15,16)17)7-6(18-3)4(2)20-21(7,13)14/h2-7H,1H3,(H,15,16,17). The Kier molecular flexibility index (Phi) is 3.16. The first-order chi connectivity index (χ1) is 9.88. The Morgan fingerprint density at radius 3 is 2.41 bits per heavy atom. The quantitative estimate of drug-likeness (QED) is 0.376. The van der Waals surface area contributed by atoms with Crippen LogP contribution in [0.25, 0.3) is 0 Å². The lowest BCUT2D eigenvalue weighted by molar-refractivity contribution is -0.170. The molecule has 6 unspecified atom stereocenters. The first kappa shape index (κ1) is 16.0. The highest BCUT2D eigenvalue weighted by Crippen LogP contribution is 2.51. The summed E-state index contributed by atoms with van der Waals surface area (Å²) < 4.78 is 93.9. The fourth-order valence-electron chi connectivity index (χ4n) is 3.01. The third-order valence-electron chi connectivity index (χ3n) is 4.03. The Labute approximate surface area is 123 Å². The molecular formula is C9H10F2O9S2. The van der Waals surface area contributed by atoms with Crippen molar-refractivity contribution in [2.24, 2.45) is 5.92 Å². The third kappa shape index (κ3) is 1.92. The largest absolute Gasteiger partial charge is 0.465 e. The molecule has 0 radical (unpaired) electrons. The zero-order chi connectivity index (χ0) is 16.7. The van der Waals surface area contributed by atoms with E-state index >= 15 is 0 Å². The van der Waals surface area contributed by atoms with Crippen molar-refractivity contribution < 1.29 is 48.6 Å². The molecule has 126 valence electrons. The van der Waals surface area contributed by atoms with Gasteiger partial charge in [0.15, 0.2) is 11.4 Å². The first-order valence-corrected chi connectivity index (χ1v) is 8.92. The summed E-state index contributed by atoms with van der Waals surface area (Å²) in [5.74, 6) is -3.13. The second-order valence-electron chi connectivity index (χ2n) is 5.30. The van der Waals surface area contributed by atoms with E-state index in [1.54, 1.807) is 0 Å². The minimum absolute atomic E-state index is 0.560. The predicted octanol–water partition coefficient (Wildman–Crippen LogP) is -1.11. The highest BCUT2D eigenvalue weighted by Gasteiger charge is 2.71. The second-order valence-corrected chi connectivity index (χ2v) is 8.49. The zero-order valence-electron chi connectivity index (χ0n) is 10.7. The van der Waals surface area contributed by atoms with Gasteiger partial charge in [0.05, 0.1) is 0 Å². The molecule has 3 aliphatic heterocycles. The molecule has 0 aromatic rings. The molecule has 0 aliphatic carbocycles. The summed E-state index contributed by atoms with van der Waals surface area (Å²) in [4.78, 5) is 11.3. The number of fused-ring (bicyclic) bond motifs is 1. The summed E-state index contributed by atoms with van der Waals surface area (Å²) in [6, 6.07) is 0. The number of alkyl halides is 2. The van der Waals surface area contributed by atoms with Crippen molar-refractivity contribution in [2.45, 2.75) is 41.8 Å². The van der Waals surface area contributed by atoms with Crippen molar-refractivity contribution in [3.05, 3.63) is 0 Å². The van der Waals surface area contributed by atoms with Gasteiger partial charge in [-0.25, -0.2) is 4.79 Å². The summed E-state index contributed by atoms with van der Waals surface area (Å²) in [6.07, 6.45) is -4.42. The molecule has 3 rings (SSSR count). The monoisotopic (exact) mass is 364 g/mol. The summed E-state index contributed by atoms with van der Waals surface area (Å²) in [7, 11) is -10.2. The van der Waals surface area contributed by atoms with Crippen molar-refractivity contribution in [1.29, 1.82) is 0 Å². The van der Waals surface area contributed by atoms with Gasteiger partial charge >= 0.3 is 21.3 Å². The molecule has 13 heteroatoms. The lowest BCUT2D eigenvalue weighted by Crippen LogP contribution is -2.50. The molecule has 2 bridgehead atoms. The molecule has 3 saturated heterocycles. The van der Waals surface area contributed by atoms with Crippen LogP contribution >= 0.6 is 0 Å². The summed E-state index contributed by atoms with van der Waals surface area (Å²) in [6.45, 7) is 1.52. The zero-order valence-corrected chi connectivity index (χ0v) is 12.4. The molecule has 0 aromatic heterocycles. The molecule has 22 heavy (non-hydrogen) atoms. The van der Waals surface area contributed by atoms with Gasteiger partial charge in [-0.15, -0.1) is 0 Å². The lowest BCUT2D eigenvalue weighted by atomic mass is 9.86. The van der Waals surface area contributed by atoms with Gasteiger partial charge in [-0.3, -0.25) is 8.74 Å². The highest BCUT2D eigenvalue weighted by atomic mass is 32.2. The van der Waals surface area contributed by atoms with Crippen LogP contribution in [0.15, 0.2) is 0 Å². The number of rotatable bonds is 3. The fourth-order valence-corrected chi connectivity index (χ4v) is 5.07. The van der Waals surface area contributed by atoms with Gasteiger partial charge in [0, 0.05) is 5.92 Å². The molecule has 1 N–H and O–H groups in total. The number of hydrogen-bond donors (Lipinski definition) is 1. The molecule has 3 aliphatic rings. The van der Waals surface area contributed by atoms with E-state index in [0.29, 0.717) is 0 Å². The third-order valence-corrected chi connectivity index (χ3v) is 6.54. The number of ether oxygens (including phenoxy) is 2. The maximum atomic E-state index is 13.2. The number of esters is 1. The van der Waals surface area contributed by atoms with Gasteiger partial charge in [-0.2, -0.15) is 25.6 Å². The van der Waals surface area contributed by atoms with E-state index in [1.165, 1.54) is 6.92 Å². The maximum absolute atomic E-state index is 13.2. The SMILES string of the molecule is CC1C2OC3C1OS(=O)(=O)C3C2OC(=O)C(F)(F)S(=O)(=O)O. The van der Waals surface area contributed by atoms with Gasteiger partial charge in [0.25, 0.3) is 10.1 Å². The van der Waals surface area contributed by atoms with Gasteiger partial charge in [0.2, 0.25) is 0 Å². The van der Waals surface area contributed by atoms with E-state index in [2.05, 4.69) is 4.74 Å². The molecule has 0 aromatic carbocycles. The minimum Gasteiger partial charge on any atom is -0.453 e. The first-order valence-electron chi connectivity index (χ1n) is 6.01. The van der Waals surface area contributed by atoms with Crippen molar-refractivity contribution in [2.75, 3.05) is 0 Å². The van der Waals surface area contributed by atoms with Crippen LogP contribution in [0.1, 0.15) is 6.92 Å². The van der Waals surface area contributed by atoms with Gasteiger partial charge in [-0.05, 0) is 0 Å². The van der Waals surface area contributed by atoms with Crippen molar-refractivity contribution in [3.8, 4) is 0 Å². The Morgan fingerprint density at radius 1 is 1.27 bits per heavy atom. The normalized spacial score (nSPS) is 42.5. The van der Waals surface area contributed by atoms with E-state index in [0.717, 1.165) is 0 Å². The molecule has 6 atom stereocenters. The Hall–Kier alpha value is -0.890. The number of carbonyl (C=O) groups is 1. The summed E-state index contributed by atoms with van der Waals surface area (Å²) in [5, 5.41) is -6.71. The fraction of sp³-hybridized carbons (Fsp3) is 0.889. The maximum Gasteiger partial charge on any atom is 0.465 e. The van der Waals surface area contributed by atoms with Crippen LogP contribution in [0.4, 0.5) is 8.78 Å². The van der Waals surface area contributed by atoms with Crippen LogP contribution in [0.3, 0.4) is 0 Å². The average molecular weight is 364 g/mol. The van der Waals surface area contributed by atoms with Crippen LogP contribution in [-0.2, 0) is 38.7 Å². The smallest absolute Gasteiger partial charge is 0.453 e. The van der Waals surface area contributed by atoms with E-state index in [1.807, 2.05) is 0 Å². The van der Waals surface area contributed by atoms with Crippen LogP contribution in [0.5, 0.6) is 0 Å². The molecule has 0 amide bonds. The van der Waals surface area contributed by atoms with E-state index in [4.69, 9.17) is 13.5 Å². The lowest BCUT2D eigenvalue weighted by Gasteiger charge is -2.26. The number of halogens is 2. The predicted molar refractivity (Wildman–Crippen MR) is 61.8 cm³/mol. The van der Waals surface area contributed by atoms with E-state index < -0.39 is 67.0 Å². The van der Waals surface area contributed by atoms with Crippen LogP contribution in [-0.4, -0.2) is 62.3 Å². The highest BCUT2D eigenvalue weighted by molar-refractivity contribution is 7.88. The van der Waals surface area contributed by atoms with Crippen molar-refractivity contribution in [1.82, 2.24) is 0 Å². The number of carbonyl (C=O) groups excluding carboxylic acids is 1. The van der Waals surface area contributed by atoms with Crippen LogP contribution in [0.2, 0.25) is 0 Å². The molecule has 3 heterocycles. The van der Waals surface area contributed by atoms with Crippen LogP contribution < -0.4 is 0 Å². The molecule has 0 saturated carbocycles. The second kappa shape index (κ2) is 4.35. The topological polar surface area (TPSA) is 133 Å². The van der Waals surface area contributed by atoms with Gasteiger partial charge in [-0.1, -0.05) is 6.92 Å². The Balaban J connectivity index is 1.90. The van der Waals surface area contributed by atoms with Crippen molar-refractivity contribution in [3.63, 3.8) is 0 Å². The van der Waals surface area contributed by atoms with Gasteiger partial charge in [0.1, 0.15) is 18.3 Å². The number of hydrogen-bond acceptors (Lipinski definition) is 8. The van der Waals surface area contributed by atoms with E-state index in [-0.39, 0.29) is 0 Å². The minimum atomic E-state index is -6.04. The Bertz CT molecular complexity index is 730.